The van der Waals surface area contributed by atoms with E-state index in [0.717, 1.165) is 30.9 Å². The third-order valence-electron chi connectivity index (χ3n) is 10.4. The molecule has 47 heavy (non-hydrogen) atoms. The lowest BCUT2D eigenvalue weighted by atomic mass is 9.83. The smallest absolute Gasteiger partial charge is 0.419 e. The number of oxime groups is 1. The monoisotopic (exact) mass is 654 g/mol. The first kappa shape index (κ1) is 31.2. The summed E-state index contributed by atoms with van der Waals surface area (Å²) >= 11 is 0. The normalized spacial score (nSPS) is 30.1. The summed E-state index contributed by atoms with van der Waals surface area (Å²) in [6.07, 6.45) is 1.50. The van der Waals surface area contributed by atoms with Crippen LogP contribution in [0.25, 0.3) is 0 Å². The molecule has 7 rings (SSSR count). The van der Waals surface area contributed by atoms with Crippen molar-refractivity contribution < 1.29 is 41.5 Å². The van der Waals surface area contributed by atoms with Crippen LogP contribution in [0.4, 0.5) is 23.2 Å². The van der Waals surface area contributed by atoms with Gasteiger partial charge in [0.05, 0.1) is 29.9 Å². The average molecular weight is 655 g/mol. The summed E-state index contributed by atoms with van der Waals surface area (Å²) in [5.41, 5.74) is 6.44. The second kappa shape index (κ2) is 11.7. The molecule has 4 N–H and O–H groups in total. The van der Waals surface area contributed by atoms with E-state index < -0.39 is 47.2 Å². The Balaban J connectivity index is 1.16. The fourth-order valence-electron chi connectivity index (χ4n) is 7.97. The molecular formula is C34H34F4N4O5. The van der Waals surface area contributed by atoms with Gasteiger partial charge in [-0.1, -0.05) is 16.8 Å². The molecule has 0 spiro atoms. The molecule has 2 bridgehead atoms. The van der Waals surface area contributed by atoms with Crippen molar-refractivity contribution in [1.29, 1.82) is 0 Å². The molecule has 13 heteroatoms. The average Bonchev–Trinajstić information content (AvgIpc) is 3.30. The van der Waals surface area contributed by atoms with Crippen molar-refractivity contribution in [3.05, 3.63) is 70.6 Å². The largest absolute Gasteiger partial charge is 0.496 e. The number of methoxy groups -OCH3 is 1. The van der Waals surface area contributed by atoms with E-state index in [9.17, 15) is 31.9 Å². The van der Waals surface area contributed by atoms with Gasteiger partial charge in [0.25, 0.3) is 5.91 Å². The molecule has 2 aromatic carbocycles. The third kappa shape index (κ3) is 5.73. The Hall–Kier alpha value is -4.42. The fourth-order valence-corrected chi connectivity index (χ4v) is 7.97. The van der Waals surface area contributed by atoms with Crippen molar-refractivity contribution in [3.63, 3.8) is 0 Å². The zero-order valence-corrected chi connectivity index (χ0v) is 25.5. The van der Waals surface area contributed by atoms with Gasteiger partial charge >= 0.3 is 6.18 Å². The number of nitrogens with two attached hydrogens (primary N) is 1. The lowest BCUT2D eigenvalue weighted by molar-refractivity contribution is -0.140. The number of nitrogens with one attached hydrogen (secondary N) is 2. The Labute approximate surface area is 267 Å². The number of hydrogen-bond acceptors (Lipinski definition) is 6. The second-order valence-electron chi connectivity index (χ2n) is 13.2. The van der Waals surface area contributed by atoms with Crippen LogP contribution in [0.15, 0.2) is 53.2 Å². The molecule has 2 aromatic rings. The number of amides is 3. The SMILES string of the molecule is COc1ccc(C2=NOC3CC(C(N)=O)CC23)cc1C(=O)NC1C2CCC(/C2=C/C2CC2)[C@@H]1C(=O)Nc1ccc(F)c(C(F)(F)F)c1. The van der Waals surface area contributed by atoms with E-state index in [2.05, 4.69) is 21.9 Å². The fraction of sp³-hybridized carbons (Fsp3) is 0.471. The third-order valence-corrected chi connectivity index (χ3v) is 10.4. The van der Waals surface area contributed by atoms with E-state index in [1.807, 2.05) is 0 Å². The number of primary amides is 1. The number of alkyl halides is 3. The first-order valence-corrected chi connectivity index (χ1v) is 15.8. The molecule has 4 fully saturated rings. The van der Waals surface area contributed by atoms with Crippen molar-refractivity contribution in [2.45, 2.75) is 56.8 Å². The minimum Gasteiger partial charge on any atom is -0.496 e. The Kier molecular flexibility index (Phi) is 7.75. The molecule has 4 aliphatic carbocycles. The van der Waals surface area contributed by atoms with Crippen LogP contribution in [0.2, 0.25) is 0 Å². The Morgan fingerprint density at radius 3 is 2.49 bits per heavy atom. The van der Waals surface area contributed by atoms with Crippen LogP contribution in [-0.4, -0.2) is 42.7 Å². The van der Waals surface area contributed by atoms with Crippen molar-refractivity contribution in [1.82, 2.24) is 5.32 Å². The molecule has 3 amide bonds. The molecule has 9 nitrogen and oxygen atoms in total. The van der Waals surface area contributed by atoms with Crippen LogP contribution in [0.5, 0.6) is 5.75 Å². The number of allylic oxidation sites excluding steroid dienone is 1. The van der Waals surface area contributed by atoms with Gasteiger partial charge in [0.1, 0.15) is 17.7 Å². The molecule has 4 saturated carbocycles. The molecule has 7 atom stereocenters. The Morgan fingerprint density at radius 1 is 1.02 bits per heavy atom. The second-order valence-corrected chi connectivity index (χ2v) is 13.2. The highest BCUT2D eigenvalue weighted by Gasteiger charge is 2.55. The lowest BCUT2D eigenvalue weighted by Gasteiger charge is -2.30. The van der Waals surface area contributed by atoms with Gasteiger partial charge in [0.2, 0.25) is 11.8 Å². The van der Waals surface area contributed by atoms with E-state index in [4.69, 9.17) is 15.3 Å². The highest BCUT2D eigenvalue weighted by Crippen LogP contribution is 2.54. The molecule has 248 valence electrons. The number of carbonyl (C=O) groups is 3. The first-order valence-electron chi connectivity index (χ1n) is 15.8. The maximum Gasteiger partial charge on any atom is 0.419 e. The number of nitrogens with zero attached hydrogens (tertiary/aromatic N) is 1. The number of anilines is 1. The summed E-state index contributed by atoms with van der Waals surface area (Å²) in [6, 6.07) is 6.79. The molecule has 1 aliphatic heterocycles. The van der Waals surface area contributed by atoms with Crippen LogP contribution < -0.4 is 21.1 Å². The highest BCUT2D eigenvalue weighted by molar-refractivity contribution is 6.07. The zero-order valence-electron chi connectivity index (χ0n) is 25.5. The van der Waals surface area contributed by atoms with Gasteiger partial charge in [-0.25, -0.2) is 4.39 Å². The van der Waals surface area contributed by atoms with E-state index in [1.54, 1.807) is 18.2 Å². The van der Waals surface area contributed by atoms with Crippen LogP contribution >= 0.6 is 0 Å². The van der Waals surface area contributed by atoms with Gasteiger partial charge in [0.15, 0.2) is 0 Å². The van der Waals surface area contributed by atoms with Crippen molar-refractivity contribution in [2.75, 3.05) is 12.4 Å². The number of carbonyl (C=O) groups excluding carboxylic acids is 3. The summed E-state index contributed by atoms with van der Waals surface area (Å²) in [6.45, 7) is 0. The maximum absolute atomic E-state index is 14.0. The Morgan fingerprint density at radius 2 is 1.79 bits per heavy atom. The first-order chi connectivity index (χ1) is 22.4. The van der Waals surface area contributed by atoms with Crippen molar-refractivity contribution >= 4 is 29.1 Å². The van der Waals surface area contributed by atoms with Crippen LogP contribution in [0.3, 0.4) is 0 Å². The molecule has 0 aromatic heterocycles. The summed E-state index contributed by atoms with van der Waals surface area (Å²) in [4.78, 5) is 45.2. The number of ether oxygens (including phenoxy) is 1. The lowest BCUT2D eigenvalue weighted by Crippen LogP contribution is -2.48. The van der Waals surface area contributed by atoms with Crippen LogP contribution in [0.1, 0.15) is 60.0 Å². The van der Waals surface area contributed by atoms with Crippen molar-refractivity contribution in [3.8, 4) is 5.75 Å². The maximum atomic E-state index is 14.0. The summed E-state index contributed by atoms with van der Waals surface area (Å²) in [5.74, 6) is -3.69. The predicted octanol–water partition coefficient (Wildman–Crippen LogP) is 5.20. The minimum absolute atomic E-state index is 0.119. The molecule has 0 radical (unpaired) electrons. The quantitative estimate of drug-likeness (QED) is 0.266. The van der Waals surface area contributed by atoms with Gasteiger partial charge in [-0.2, -0.15) is 13.2 Å². The molecule has 0 saturated heterocycles. The number of hydrogen-bond donors (Lipinski definition) is 3. The molecular weight excluding hydrogens is 620 g/mol. The highest BCUT2D eigenvalue weighted by atomic mass is 19.4. The van der Waals surface area contributed by atoms with E-state index >= 15 is 0 Å². The van der Waals surface area contributed by atoms with E-state index in [1.165, 1.54) is 7.11 Å². The van der Waals surface area contributed by atoms with Gasteiger partial charge in [-0.05, 0) is 86.8 Å². The van der Waals surface area contributed by atoms with E-state index in [-0.39, 0.29) is 41.0 Å². The number of fused-ring (bicyclic) bond motifs is 3. The molecule has 1 heterocycles. The summed E-state index contributed by atoms with van der Waals surface area (Å²) < 4.78 is 59.6. The zero-order chi connectivity index (χ0) is 33.2. The van der Waals surface area contributed by atoms with Gasteiger partial charge in [0, 0.05) is 35.0 Å². The van der Waals surface area contributed by atoms with Gasteiger partial charge in [-0.15, -0.1) is 0 Å². The molecule has 5 aliphatic rings. The van der Waals surface area contributed by atoms with Gasteiger partial charge < -0.3 is 25.9 Å². The van der Waals surface area contributed by atoms with Gasteiger partial charge in [-0.3, -0.25) is 14.4 Å². The number of benzene rings is 2. The standard InChI is InChI=1S/C34H34F4N4O5/c1-46-26-9-4-16(29-22-12-17(31(39)43)13-27(22)47-42-29)11-23(26)32(44)41-30-20-7-6-19(21(20)10-15-2-3-15)28(30)33(45)40-18-5-8-25(35)24(14-18)34(36,37)38/h4-5,8-11,14-15,17,19-20,22,27-28,30H,2-3,6-7,12-13H2,1H3,(H2,39,43)(H,40,45)(H,41,44)/b21-10-/t17?,19?,20?,22?,27?,28-,30?/m0/s1. The summed E-state index contributed by atoms with van der Waals surface area (Å²) in [5, 5.41) is 9.91. The topological polar surface area (TPSA) is 132 Å². The number of halogens is 4. The predicted molar refractivity (Wildman–Crippen MR) is 162 cm³/mol. The molecule has 6 unspecified atom stereocenters. The Bertz CT molecular complexity index is 1700. The van der Waals surface area contributed by atoms with Crippen molar-refractivity contribution in [2.24, 2.45) is 46.4 Å². The minimum atomic E-state index is -4.93. The van der Waals surface area contributed by atoms with Crippen LogP contribution in [-0.2, 0) is 20.6 Å². The van der Waals surface area contributed by atoms with Crippen LogP contribution in [0, 0.1) is 41.3 Å². The summed E-state index contributed by atoms with van der Waals surface area (Å²) in [7, 11) is 1.44. The number of rotatable bonds is 8. The van der Waals surface area contributed by atoms with E-state index in [0.29, 0.717) is 54.3 Å².